The Kier molecular flexibility index (Phi) is 8.40. The fourth-order valence-electron chi connectivity index (χ4n) is 3.02. The third-order valence-electron chi connectivity index (χ3n) is 4.49. The Morgan fingerprint density at radius 1 is 1.41 bits per heavy atom. The number of hydrogen-bond donors (Lipinski definition) is 2. The molecule has 148 valence electrons. The summed E-state index contributed by atoms with van der Waals surface area (Å²) >= 11 is 2.02. The van der Waals surface area contributed by atoms with Crippen molar-refractivity contribution in [3.8, 4) is 5.69 Å². The van der Waals surface area contributed by atoms with Crippen molar-refractivity contribution in [3.05, 3.63) is 48.3 Å². The molecule has 0 spiro atoms. The van der Waals surface area contributed by atoms with Crippen molar-refractivity contribution in [2.24, 2.45) is 4.99 Å². The Bertz CT molecular complexity index is 745. The minimum atomic E-state index is -0.275. The SMILES string of the molecule is CCNC(=NCc1ccc(-n2ccnc2)c(F)c1)NCC1(C)CCCS1.I. The van der Waals surface area contributed by atoms with Gasteiger partial charge in [0, 0.05) is 30.2 Å². The second-order valence-electron chi connectivity index (χ2n) is 6.71. The van der Waals surface area contributed by atoms with E-state index < -0.39 is 0 Å². The number of benzene rings is 1. The van der Waals surface area contributed by atoms with Crippen molar-refractivity contribution in [3.63, 3.8) is 0 Å². The van der Waals surface area contributed by atoms with Gasteiger partial charge in [0.25, 0.3) is 0 Å². The molecule has 0 aliphatic carbocycles. The van der Waals surface area contributed by atoms with Crippen LogP contribution in [-0.2, 0) is 6.54 Å². The van der Waals surface area contributed by atoms with Crippen molar-refractivity contribution in [2.75, 3.05) is 18.8 Å². The summed E-state index contributed by atoms with van der Waals surface area (Å²) in [6.45, 7) is 6.45. The van der Waals surface area contributed by atoms with Crippen LogP contribution in [0.25, 0.3) is 5.69 Å². The molecule has 27 heavy (non-hydrogen) atoms. The average Bonchev–Trinajstić information content (AvgIpc) is 3.30. The van der Waals surface area contributed by atoms with E-state index in [1.54, 1.807) is 29.4 Å². The van der Waals surface area contributed by atoms with Crippen LogP contribution in [0, 0.1) is 5.82 Å². The number of aromatic nitrogens is 2. The van der Waals surface area contributed by atoms with Crippen molar-refractivity contribution >= 4 is 41.7 Å². The van der Waals surface area contributed by atoms with Crippen molar-refractivity contribution in [1.29, 1.82) is 0 Å². The molecule has 0 amide bonds. The second-order valence-corrected chi connectivity index (χ2v) is 8.39. The summed E-state index contributed by atoms with van der Waals surface area (Å²) in [5, 5.41) is 6.70. The topological polar surface area (TPSA) is 54.2 Å². The lowest BCUT2D eigenvalue weighted by atomic mass is 10.1. The minimum absolute atomic E-state index is 0. The van der Waals surface area contributed by atoms with Crippen molar-refractivity contribution in [2.45, 2.75) is 38.0 Å². The zero-order chi connectivity index (χ0) is 18.4. The number of halogens is 2. The number of aliphatic imine (C=N–C) groups is 1. The van der Waals surface area contributed by atoms with Gasteiger partial charge in [-0.15, -0.1) is 24.0 Å². The highest BCUT2D eigenvalue weighted by Gasteiger charge is 2.29. The molecule has 3 rings (SSSR count). The molecule has 1 aliphatic heterocycles. The Balaban J connectivity index is 0.00000261. The maximum absolute atomic E-state index is 14.4. The van der Waals surface area contributed by atoms with Gasteiger partial charge in [-0.05, 0) is 50.1 Å². The van der Waals surface area contributed by atoms with E-state index >= 15 is 0 Å². The Labute approximate surface area is 181 Å². The lowest BCUT2D eigenvalue weighted by Crippen LogP contribution is -2.43. The van der Waals surface area contributed by atoms with Gasteiger partial charge in [-0.2, -0.15) is 11.8 Å². The van der Waals surface area contributed by atoms with E-state index in [9.17, 15) is 4.39 Å². The zero-order valence-corrected chi connectivity index (χ0v) is 18.9. The molecule has 8 heteroatoms. The summed E-state index contributed by atoms with van der Waals surface area (Å²) < 4.78 is 16.3. The van der Waals surface area contributed by atoms with Crippen LogP contribution in [0.2, 0.25) is 0 Å². The average molecular weight is 503 g/mol. The van der Waals surface area contributed by atoms with Crippen LogP contribution in [0.1, 0.15) is 32.3 Å². The lowest BCUT2D eigenvalue weighted by Gasteiger charge is -2.24. The monoisotopic (exact) mass is 503 g/mol. The van der Waals surface area contributed by atoms with E-state index in [0.29, 0.717) is 12.2 Å². The van der Waals surface area contributed by atoms with Gasteiger partial charge in [-0.1, -0.05) is 6.07 Å². The third kappa shape index (κ3) is 6.10. The normalized spacial score (nSPS) is 19.6. The molecule has 0 saturated carbocycles. The molecule has 1 unspecified atom stereocenters. The first kappa shape index (κ1) is 22.0. The number of nitrogens with zero attached hydrogens (tertiary/aromatic N) is 3. The summed E-state index contributed by atoms with van der Waals surface area (Å²) in [5.41, 5.74) is 1.33. The molecule has 5 nitrogen and oxygen atoms in total. The van der Waals surface area contributed by atoms with Crippen molar-refractivity contribution < 1.29 is 4.39 Å². The summed E-state index contributed by atoms with van der Waals surface area (Å²) in [6.07, 6.45) is 7.45. The highest BCUT2D eigenvalue weighted by Crippen LogP contribution is 2.36. The van der Waals surface area contributed by atoms with Crippen LogP contribution in [0.15, 0.2) is 41.9 Å². The maximum Gasteiger partial charge on any atom is 0.191 e. The van der Waals surface area contributed by atoms with Crippen LogP contribution in [0.4, 0.5) is 4.39 Å². The Hall–Kier alpha value is -1.29. The Morgan fingerprint density at radius 3 is 2.89 bits per heavy atom. The molecule has 2 N–H and O–H groups in total. The van der Waals surface area contributed by atoms with Gasteiger partial charge in [0.1, 0.15) is 5.82 Å². The molecule has 2 heterocycles. The number of thioether (sulfide) groups is 1. The molecule has 1 saturated heterocycles. The number of hydrogen-bond acceptors (Lipinski definition) is 3. The number of imidazole rings is 1. The number of guanidine groups is 1. The molecule has 1 aromatic carbocycles. The van der Waals surface area contributed by atoms with Gasteiger partial charge in [0.15, 0.2) is 5.96 Å². The molecule has 1 aromatic heterocycles. The van der Waals surface area contributed by atoms with E-state index in [1.807, 2.05) is 24.8 Å². The fraction of sp³-hybridized carbons (Fsp3) is 0.474. The maximum atomic E-state index is 14.4. The van der Waals surface area contributed by atoms with Gasteiger partial charge in [0.2, 0.25) is 0 Å². The first-order valence-electron chi connectivity index (χ1n) is 9.02. The smallest absolute Gasteiger partial charge is 0.191 e. The van der Waals surface area contributed by atoms with E-state index in [4.69, 9.17) is 0 Å². The lowest BCUT2D eigenvalue weighted by molar-refractivity contribution is 0.584. The predicted octanol–water partition coefficient (Wildman–Crippen LogP) is 3.97. The molecule has 1 aliphatic rings. The molecule has 1 atom stereocenters. The summed E-state index contributed by atoms with van der Waals surface area (Å²) in [6, 6.07) is 5.20. The van der Waals surface area contributed by atoms with Gasteiger partial charge in [-0.25, -0.2) is 14.4 Å². The van der Waals surface area contributed by atoms with Crippen LogP contribution < -0.4 is 10.6 Å². The first-order chi connectivity index (χ1) is 12.6. The summed E-state index contributed by atoms with van der Waals surface area (Å²) in [5.74, 6) is 1.73. The molecule has 0 bridgehead atoms. The quantitative estimate of drug-likeness (QED) is 0.356. The zero-order valence-electron chi connectivity index (χ0n) is 15.7. The summed E-state index contributed by atoms with van der Waals surface area (Å²) in [4.78, 5) is 8.57. The highest BCUT2D eigenvalue weighted by atomic mass is 127. The number of rotatable bonds is 6. The predicted molar refractivity (Wildman–Crippen MR) is 122 cm³/mol. The van der Waals surface area contributed by atoms with E-state index in [-0.39, 0.29) is 34.5 Å². The van der Waals surface area contributed by atoms with Gasteiger partial charge < -0.3 is 15.2 Å². The summed E-state index contributed by atoms with van der Waals surface area (Å²) in [7, 11) is 0. The van der Waals surface area contributed by atoms with Gasteiger partial charge in [0.05, 0.1) is 18.6 Å². The van der Waals surface area contributed by atoms with Gasteiger partial charge in [-0.3, -0.25) is 0 Å². The molecule has 2 aromatic rings. The molecule has 1 fully saturated rings. The Morgan fingerprint density at radius 2 is 2.26 bits per heavy atom. The van der Waals surface area contributed by atoms with Crippen LogP contribution >= 0.6 is 35.7 Å². The minimum Gasteiger partial charge on any atom is -0.357 e. The largest absolute Gasteiger partial charge is 0.357 e. The first-order valence-corrected chi connectivity index (χ1v) is 10.0. The van der Waals surface area contributed by atoms with E-state index in [2.05, 4.69) is 27.5 Å². The van der Waals surface area contributed by atoms with Crippen LogP contribution in [0.3, 0.4) is 0 Å². The number of nitrogens with one attached hydrogen (secondary N) is 2. The van der Waals surface area contributed by atoms with Gasteiger partial charge >= 0.3 is 0 Å². The molecule has 0 radical (unpaired) electrons. The molecular weight excluding hydrogens is 476 g/mol. The van der Waals surface area contributed by atoms with Crippen LogP contribution in [-0.4, -0.2) is 39.1 Å². The van der Waals surface area contributed by atoms with Crippen LogP contribution in [0.5, 0.6) is 0 Å². The second kappa shape index (κ2) is 10.3. The third-order valence-corrected chi connectivity index (χ3v) is 6.03. The van der Waals surface area contributed by atoms with Crippen molar-refractivity contribution in [1.82, 2.24) is 20.2 Å². The van der Waals surface area contributed by atoms with E-state index in [0.717, 1.165) is 24.6 Å². The molecular formula is C19H27FIN5S. The standard InChI is InChI=1S/C19H26FN5S.HI/c1-3-22-18(24-13-19(2)7-4-10-26-19)23-12-15-5-6-17(16(20)11-15)25-9-8-21-14-25;/h5-6,8-9,11,14H,3-4,7,10,12-13H2,1-2H3,(H2,22,23,24);1H. The fourth-order valence-corrected chi connectivity index (χ4v) is 4.26. The highest BCUT2D eigenvalue weighted by molar-refractivity contribution is 14.0. The van der Waals surface area contributed by atoms with E-state index in [1.165, 1.54) is 24.7 Å².